The van der Waals surface area contributed by atoms with Gasteiger partial charge in [0.15, 0.2) is 0 Å². The van der Waals surface area contributed by atoms with E-state index in [1.54, 1.807) is 14.2 Å². The highest BCUT2D eigenvalue weighted by Crippen LogP contribution is 2.15. The Bertz CT molecular complexity index is 239. The third-order valence-corrected chi connectivity index (χ3v) is 3.56. The Labute approximate surface area is 126 Å². The predicted molar refractivity (Wildman–Crippen MR) is 86.3 cm³/mol. The van der Waals surface area contributed by atoms with Gasteiger partial charge in [-0.05, 0) is 33.6 Å². The van der Waals surface area contributed by atoms with E-state index in [4.69, 9.17) is 9.47 Å². The van der Waals surface area contributed by atoms with Crippen molar-refractivity contribution in [3.63, 3.8) is 0 Å². The number of methoxy groups -OCH3 is 2. The summed E-state index contributed by atoms with van der Waals surface area (Å²) in [5, 5.41) is 3.63. The summed E-state index contributed by atoms with van der Waals surface area (Å²) in [5.41, 5.74) is 0.143. The lowest BCUT2D eigenvalue weighted by Gasteiger charge is -2.40. The number of nitrogens with zero attached hydrogens (tertiary/aromatic N) is 1. The van der Waals surface area contributed by atoms with Gasteiger partial charge < -0.3 is 14.8 Å². The van der Waals surface area contributed by atoms with E-state index in [1.165, 1.54) is 0 Å². The normalized spacial score (nSPS) is 15.9. The van der Waals surface area contributed by atoms with Crippen LogP contribution in [0.25, 0.3) is 0 Å². The molecule has 0 spiro atoms. The number of rotatable bonds is 10. The molecule has 20 heavy (non-hydrogen) atoms. The molecule has 0 saturated heterocycles. The average molecular weight is 288 g/mol. The number of hydrogen-bond donors (Lipinski definition) is 1. The van der Waals surface area contributed by atoms with Crippen molar-refractivity contribution in [3.8, 4) is 0 Å². The van der Waals surface area contributed by atoms with Crippen LogP contribution < -0.4 is 5.32 Å². The first-order valence-corrected chi connectivity index (χ1v) is 7.71. The van der Waals surface area contributed by atoms with Crippen LogP contribution in [0.15, 0.2) is 0 Å². The Kier molecular flexibility index (Phi) is 9.64. The fourth-order valence-electron chi connectivity index (χ4n) is 2.39. The van der Waals surface area contributed by atoms with Gasteiger partial charge >= 0.3 is 0 Å². The topological polar surface area (TPSA) is 33.7 Å². The second-order valence-electron chi connectivity index (χ2n) is 6.98. The number of ether oxygens (including phenoxy) is 2. The van der Waals surface area contributed by atoms with Crippen molar-refractivity contribution in [2.24, 2.45) is 5.92 Å². The molecule has 0 aromatic rings. The smallest absolute Gasteiger partial charge is 0.0615 e. The lowest BCUT2D eigenvalue weighted by atomic mass is 9.99. The van der Waals surface area contributed by atoms with E-state index in [9.17, 15) is 0 Å². The standard InChI is InChI=1S/C16H36N2O2/c1-13(2)15(11-17-16(4,5)6)18(9-10-19-7)14(3)12-20-8/h13-15,17H,9-12H2,1-8H3. The SMILES string of the molecule is COCCN(C(C)COC)C(CNC(C)(C)C)C(C)C. The summed E-state index contributed by atoms with van der Waals surface area (Å²) >= 11 is 0. The minimum atomic E-state index is 0.143. The van der Waals surface area contributed by atoms with Crippen LogP contribution in [0, 0.1) is 5.92 Å². The van der Waals surface area contributed by atoms with Crippen LogP contribution in [-0.2, 0) is 9.47 Å². The lowest BCUT2D eigenvalue weighted by molar-refractivity contribution is 0.0307. The molecule has 0 heterocycles. The van der Waals surface area contributed by atoms with Gasteiger partial charge in [0.1, 0.15) is 0 Å². The summed E-state index contributed by atoms with van der Waals surface area (Å²) < 4.78 is 10.6. The monoisotopic (exact) mass is 288 g/mol. The quantitative estimate of drug-likeness (QED) is 0.669. The summed E-state index contributed by atoms with van der Waals surface area (Å²) in [6.45, 7) is 16.9. The molecule has 0 saturated carbocycles. The number of hydrogen-bond acceptors (Lipinski definition) is 4. The van der Waals surface area contributed by atoms with Gasteiger partial charge in [0.2, 0.25) is 0 Å². The molecule has 2 atom stereocenters. The molecular weight excluding hydrogens is 252 g/mol. The van der Waals surface area contributed by atoms with Gasteiger partial charge in [-0.1, -0.05) is 13.8 Å². The fourth-order valence-corrected chi connectivity index (χ4v) is 2.39. The van der Waals surface area contributed by atoms with Crippen LogP contribution in [0.3, 0.4) is 0 Å². The maximum absolute atomic E-state index is 5.34. The van der Waals surface area contributed by atoms with Crippen LogP contribution in [0.1, 0.15) is 41.5 Å². The minimum absolute atomic E-state index is 0.143. The van der Waals surface area contributed by atoms with Crippen LogP contribution >= 0.6 is 0 Å². The van der Waals surface area contributed by atoms with Crippen LogP contribution in [0.4, 0.5) is 0 Å². The van der Waals surface area contributed by atoms with Crippen molar-refractivity contribution in [1.82, 2.24) is 10.2 Å². The van der Waals surface area contributed by atoms with Gasteiger partial charge in [-0.25, -0.2) is 0 Å². The van der Waals surface area contributed by atoms with Crippen molar-refractivity contribution in [1.29, 1.82) is 0 Å². The molecule has 0 aromatic heterocycles. The van der Waals surface area contributed by atoms with E-state index in [0.29, 0.717) is 18.0 Å². The summed E-state index contributed by atoms with van der Waals surface area (Å²) in [4.78, 5) is 2.51. The maximum Gasteiger partial charge on any atom is 0.0615 e. The Morgan fingerprint density at radius 2 is 1.65 bits per heavy atom. The molecule has 122 valence electrons. The molecule has 2 unspecified atom stereocenters. The molecule has 0 fully saturated rings. The Morgan fingerprint density at radius 1 is 1.05 bits per heavy atom. The van der Waals surface area contributed by atoms with Gasteiger partial charge in [0, 0.05) is 44.9 Å². The first-order valence-electron chi connectivity index (χ1n) is 7.71. The van der Waals surface area contributed by atoms with E-state index in [-0.39, 0.29) is 5.54 Å². The molecular formula is C16H36N2O2. The first kappa shape index (κ1) is 19.8. The third-order valence-electron chi connectivity index (χ3n) is 3.56. The van der Waals surface area contributed by atoms with Crippen molar-refractivity contribution < 1.29 is 9.47 Å². The van der Waals surface area contributed by atoms with Gasteiger partial charge in [-0.15, -0.1) is 0 Å². The molecule has 0 amide bonds. The van der Waals surface area contributed by atoms with Gasteiger partial charge in [0.05, 0.1) is 13.2 Å². The third kappa shape index (κ3) is 8.20. The molecule has 0 aromatic carbocycles. The summed E-state index contributed by atoms with van der Waals surface area (Å²) in [6.07, 6.45) is 0. The van der Waals surface area contributed by atoms with Gasteiger partial charge in [-0.3, -0.25) is 4.90 Å². The van der Waals surface area contributed by atoms with E-state index in [1.807, 2.05) is 0 Å². The van der Waals surface area contributed by atoms with E-state index in [0.717, 1.165) is 26.3 Å². The summed E-state index contributed by atoms with van der Waals surface area (Å²) in [7, 11) is 3.53. The van der Waals surface area contributed by atoms with Crippen molar-refractivity contribution in [2.75, 3.05) is 40.5 Å². The molecule has 4 nitrogen and oxygen atoms in total. The Morgan fingerprint density at radius 3 is 2.05 bits per heavy atom. The first-order chi connectivity index (χ1) is 9.22. The minimum Gasteiger partial charge on any atom is -0.383 e. The maximum atomic E-state index is 5.34. The Hall–Kier alpha value is -0.160. The van der Waals surface area contributed by atoms with Crippen molar-refractivity contribution in [3.05, 3.63) is 0 Å². The highest BCUT2D eigenvalue weighted by molar-refractivity contribution is 4.84. The van der Waals surface area contributed by atoms with Crippen LogP contribution in [-0.4, -0.2) is 63.0 Å². The average Bonchev–Trinajstić information content (AvgIpc) is 2.31. The fraction of sp³-hybridized carbons (Fsp3) is 1.00. The molecule has 4 heteroatoms. The van der Waals surface area contributed by atoms with Gasteiger partial charge in [0.25, 0.3) is 0 Å². The summed E-state index contributed by atoms with van der Waals surface area (Å²) in [6, 6.07) is 0.874. The zero-order valence-corrected chi connectivity index (χ0v) is 14.8. The molecule has 0 bridgehead atoms. The van der Waals surface area contributed by atoms with E-state index < -0.39 is 0 Å². The predicted octanol–water partition coefficient (Wildman–Crippen LogP) is 2.38. The summed E-state index contributed by atoms with van der Waals surface area (Å²) in [5.74, 6) is 0.584. The number of nitrogens with one attached hydrogen (secondary N) is 1. The van der Waals surface area contributed by atoms with Crippen LogP contribution in [0.5, 0.6) is 0 Å². The largest absolute Gasteiger partial charge is 0.383 e. The van der Waals surface area contributed by atoms with E-state index >= 15 is 0 Å². The van der Waals surface area contributed by atoms with Crippen molar-refractivity contribution >= 4 is 0 Å². The van der Waals surface area contributed by atoms with Gasteiger partial charge in [-0.2, -0.15) is 0 Å². The molecule has 0 radical (unpaired) electrons. The van der Waals surface area contributed by atoms with E-state index in [2.05, 4.69) is 51.8 Å². The second-order valence-corrected chi connectivity index (χ2v) is 6.98. The second kappa shape index (κ2) is 9.72. The highest BCUT2D eigenvalue weighted by atomic mass is 16.5. The zero-order chi connectivity index (χ0) is 15.8. The molecule has 0 aliphatic heterocycles. The molecule has 0 aliphatic carbocycles. The van der Waals surface area contributed by atoms with Crippen LogP contribution in [0.2, 0.25) is 0 Å². The Balaban J connectivity index is 4.81. The molecule has 0 rings (SSSR count). The molecule has 1 N–H and O–H groups in total. The lowest BCUT2D eigenvalue weighted by Crippen LogP contribution is -2.54. The zero-order valence-electron chi connectivity index (χ0n) is 14.8. The molecule has 0 aliphatic rings. The van der Waals surface area contributed by atoms with Crippen molar-refractivity contribution in [2.45, 2.75) is 59.2 Å². The highest BCUT2D eigenvalue weighted by Gasteiger charge is 2.27.